The molecule has 0 aliphatic carbocycles. The number of esters is 1. The lowest BCUT2D eigenvalue weighted by molar-refractivity contribution is -0.385. The summed E-state index contributed by atoms with van der Waals surface area (Å²) < 4.78 is 27.4. The van der Waals surface area contributed by atoms with Crippen LogP contribution in [0.3, 0.4) is 0 Å². The number of carbonyl (C=O) groups excluding carboxylic acids is 1. The number of nitro benzene ring substituents is 1. The average molecular weight is 342 g/mol. The molecule has 0 saturated heterocycles. The molecule has 0 spiro atoms. The molecule has 0 amide bonds. The van der Waals surface area contributed by atoms with Crippen LogP contribution in [-0.4, -0.2) is 25.9 Å². The van der Waals surface area contributed by atoms with Crippen molar-refractivity contribution in [1.29, 1.82) is 0 Å². The molecular weight excluding hydrogens is 333 g/mol. The minimum absolute atomic E-state index is 0.0703. The lowest BCUT2D eigenvalue weighted by Crippen LogP contribution is -2.09. The van der Waals surface area contributed by atoms with Crippen molar-refractivity contribution >= 4 is 43.0 Å². The van der Waals surface area contributed by atoms with Gasteiger partial charge in [-0.3, -0.25) is 10.1 Å². The Bertz CT molecular complexity index is 658. The monoisotopic (exact) mass is 341 g/mol. The van der Waals surface area contributed by atoms with E-state index in [1.807, 2.05) is 0 Å². The number of nitro groups is 1. The number of rotatable bonds is 5. The highest BCUT2D eigenvalue weighted by molar-refractivity contribution is 8.13. The summed E-state index contributed by atoms with van der Waals surface area (Å²) in [4.78, 5) is 20.9. The summed E-state index contributed by atoms with van der Waals surface area (Å²) in [5.41, 5.74) is -1.05. The van der Waals surface area contributed by atoms with Crippen LogP contribution in [0.2, 0.25) is 5.02 Å². The van der Waals surface area contributed by atoms with Gasteiger partial charge in [0.15, 0.2) is 0 Å². The van der Waals surface area contributed by atoms with Crippen molar-refractivity contribution < 1.29 is 22.9 Å². The minimum Gasteiger partial charge on any atom is -0.462 e. The number of non-ortho nitro benzene ring substituents is 1. The molecule has 0 unspecified atom stereocenters. The Hall–Kier alpha value is -1.38. The molecule has 20 heavy (non-hydrogen) atoms. The predicted molar refractivity (Wildman–Crippen MR) is 71.7 cm³/mol. The average Bonchev–Trinajstić information content (AvgIpc) is 2.34. The lowest BCUT2D eigenvalue weighted by Gasteiger charge is -2.07. The SMILES string of the molecule is CCCOC(=O)c1cc([N+](=O)[O-])cc(S(=O)(=O)Cl)c1Cl. The van der Waals surface area contributed by atoms with Crippen molar-refractivity contribution in [3.63, 3.8) is 0 Å². The Balaban J connectivity index is 3.47. The van der Waals surface area contributed by atoms with Crippen LogP contribution in [0.1, 0.15) is 23.7 Å². The highest BCUT2D eigenvalue weighted by Crippen LogP contribution is 2.32. The molecule has 0 aromatic heterocycles. The van der Waals surface area contributed by atoms with E-state index >= 15 is 0 Å². The first kappa shape index (κ1) is 16.7. The number of benzene rings is 1. The zero-order valence-electron chi connectivity index (χ0n) is 10.1. The van der Waals surface area contributed by atoms with Crippen molar-refractivity contribution in [2.24, 2.45) is 0 Å². The molecule has 0 saturated carbocycles. The number of nitrogens with zero attached hydrogens (tertiary/aromatic N) is 1. The summed E-state index contributed by atoms with van der Waals surface area (Å²) >= 11 is 5.76. The molecule has 0 aliphatic heterocycles. The third-order valence-corrected chi connectivity index (χ3v) is 4.02. The molecule has 110 valence electrons. The van der Waals surface area contributed by atoms with E-state index < -0.39 is 41.1 Å². The van der Waals surface area contributed by atoms with E-state index in [4.69, 9.17) is 27.0 Å². The molecule has 7 nitrogen and oxygen atoms in total. The molecule has 0 atom stereocenters. The number of carbonyl (C=O) groups is 1. The molecule has 1 aromatic rings. The molecule has 0 fully saturated rings. The maximum atomic E-state index is 11.7. The van der Waals surface area contributed by atoms with E-state index in [1.165, 1.54) is 0 Å². The van der Waals surface area contributed by atoms with E-state index in [-0.39, 0.29) is 6.61 Å². The normalized spacial score (nSPS) is 11.2. The molecule has 1 rings (SSSR count). The van der Waals surface area contributed by atoms with Gasteiger partial charge < -0.3 is 4.74 Å². The second kappa shape index (κ2) is 6.38. The zero-order chi connectivity index (χ0) is 15.5. The largest absolute Gasteiger partial charge is 0.462 e. The van der Waals surface area contributed by atoms with Crippen LogP contribution in [0.5, 0.6) is 0 Å². The molecule has 10 heteroatoms. The van der Waals surface area contributed by atoms with Gasteiger partial charge in [-0.15, -0.1) is 0 Å². The Labute approximate surface area is 124 Å². The Morgan fingerprint density at radius 2 is 2.05 bits per heavy atom. The van der Waals surface area contributed by atoms with Crippen molar-refractivity contribution in [2.75, 3.05) is 6.61 Å². The Morgan fingerprint density at radius 1 is 1.45 bits per heavy atom. The molecular formula is C10H9Cl2NO6S. The van der Waals surface area contributed by atoms with E-state index in [2.05, 4.69) is 0 Å². The highest BCUT2D eigenvalue weighted by Gasteiger charge is 2.26. The van der Waals surface area contributed by atoms with E-state index in [0.29, 0.717) is 12.5 Å². The van der Waals surface area contributed by atoms with Crippen LogP contribution < -0.4 is 0 Å². The fourth-order valence-electron chi connectivity index (χ4n) is 1.29. The van der Waals surface area contributed by atoms with Gasteiger partial charge in [0, 0.05) is 22.8 Å². The van der Waals surface area contributed by atoms with Crippen LogP contribution in [0, 0.1) is 10.1 Å². The van der Waals surface area contributed by atoms with Gasteiger partial charge >= 0.3 is 5.97 Å². The first-order valence-corrected chi connectivity index (χ1v) is 7.97. The van der Waals surface area contributed by atoms with Gasteiger partial charge in [-0.2, -0.15) is 0 Å². The molecule has 0 N–H and O–H groups in total. The maximum Gasteiger partial charge on any atom is 0.339 e. The van der Waals surface area contributed by atoms with Crippen molar-refractivity contribution in [3.05, 3.63) is 32.8 Å². The Morgan fingerprint density at radius 3 is 2.50 bits per heavy atom. The zero-order valence-corrected chi connectivity index (χ0v) is 12.5. The van der Waals surface area contributed by atoms with Crippen LogP contribution in [-0.2, 0) is 13.8 Å². The van der Waals surface area contributed by atoms with Crippen LogP contribution in [0.4, 0.5) is 5.69 Å². The third kappa shape index (κ3) is 3.81. The maximum absolute atomic E-state index is 11.7. The van der Waals surface area contributed by atoms with Gasteiger partial charge in [-0.25, -0.2) is 13.2 Å². The van der Waals surface area contributed by atoms with Gasteiger partial charge in [-0.05, 0) is 6.42 Å². The molecule has 0 bridgehead atoms. The van der Waals surface area contributed by atoms with Crippen LogP contribution in [0.15, 0.2) is 17.0 Å². The second-order valence-corrected chi connectivity index (χ2v) is 6.55. The summed E-state index contributed by atoms with van der Waals surface area (Å²) in [7, 11) is 0.797. The smallest absolute Gasteiger partial charge is 0.339 e. The standard InChI is InChI=1S/C10H9Cl2NO6S/c1-2-3-19-10(14)7-4-6(13(15)16)5-8(9(7)11)20(12,17)18/h4-5H,2-3H2,1H3. The third-order valence-electron chi connectivity index (χ3n) is 2.15. The summed E-state index contributed by atoms with van der Waals surface area (Å²) in [5, 5.41) is 10.2. The number of ether oxygens (including phenoxy) is 1. The van der Waals surface area contributed by atoms with Gasteiger partial charge in [-0.1, -0.05) is 18.5 Å². The Kier molecular flexibility index (Phi) is 5.32. The van der Waals surface area contributed by atoms with Gasteiger partial charge in [0.25, 0.3) is 14.7 Å². The molecule has 0 aliphatic rings. The van der Waals surface area contributed by atoms with E-state index in [1.54, 1.807) is 6.92 Å². The van der Waals surface area contributed by atoms with Crippen molar-refractivity contribution in [3.8, 4) is 0 Å². The van der Waals surface area contributed by atoms with Gasteiger partial charge in [0.1, 0.15) is 4.90 Å². The number of hydrogen-bond donors (Lipinski definition) is 0. The summed E-state index contributed by atoms with van der Waals surface area (Å²) in [6.45, 7) is 1.82. The fraction of sp³-hybridized carbons (Fsp3) is 0.300. The topological polar surface area (TPSA) is 104 Å². The van der Waals surface area contributed by atoms with E-state index in [0.717, 1.165) is 6.07 Å². The van der Waals surface area contributed by atoms with Crippen molar-refractivity contribution in [1.82, 2.24) is 0 Å². The quantitative estimate of drug-likeness (QED) is 0.353. The first-order chi connectivity index (χ1) is 9.18. The molecule has 1 aromatic carbocycles. The molecule has 0 heterocycles. The fourth-order valence-corrected chi connectivity index (χ4v) is 2.85. The summed E-state index contributed by atoms with van der Waals surface area (Å²) in [6.07, 6.45) is 0.527. The van der Waals surface area contributed by atoms with Gasteiger partial charge in [0.2, 0.25) is 0 Å². The lowest BCUT2D eigenvalue weighted by atomic mass is 10.2. The predicted octanol–water partition coefficient (Wildman–Crippen LogP) is 2.74. The second-order valence-electron chi connectivity index (χ2n) is 3.64. The summed E-state index contributed by atoms with van der Waals surface area (Å²) in [5.74, 6) is -0.956. The number of halogens is 2. The van der Waals surface area contributed by atoms with Gasteiger partial charge in [0.05, 0.1) is 22.1 Å². The number of hydrogen-bond acceptors (Lipinski definition) is 6. The molecule has 0 radical (unpaired) electrons. The minimum atomic E-state index is -4.34. The highest BCUT2D eigenvalue weighted by atomic mass is 35.7. The summed E-state index contributed by atoms with van der Waals surface area (Å²) in [6, 6.07) is 1.52. The van der Waals surface area contributed by atoms with Crippen LogP contribution in [0.25, 0.3) is 0 Å². The first-order valence-electron chi connectivity index (χ1n) is 5.28. The van der Waals surface area contributed by atoms with Crippen LogP contribution >= 0.6 is 22.3 Å². The van der Waals surface area contributed by atoms with E-state index in [9.17, 15) is 23.3 Å². The van der Waals surface area contributed by atoms with Crippen molar-refractivity contribution in [2.45, 2.75) is 18.2 Å².